The van der Waals surface area contributed by atoms with Crippen LogP contribution in [0.25, 0.3) is 0 Å². The van der Waals surface area contributed by atoms with Gasteiger partial charge in [-0.1, -0.05) is 18.6 Å². The molecule has 3 rings (SSSR count). The van der Waals surface area contributed by atoms with Crippen LogP contribution in [0.4, 0.5) is 0 Å². The summed E-state index contributed by atoms with van der Waals surface area (Å²) in [6, 6.07) is 9.24. The monoisotopic (exact) mass is 440 g/mol. The highest BCUT2D eigenvalue weighted by atomic mass is 127. The van der Waals surface area contributed by atoms with Crippen LogP contribution in [0, 0.1) is 9.49 Å². The van der Waals surface area contributed by atoms with Gasteiger partial charge in [-0.05, 0) is 104 Å². The summed E-state index contributed by atoms with van der Waals surface area (Å²) in [5.41, 5.74) is 4.28. The summed E-state index contributed by atoms with van der Waals surface area (Å²) in [6.07, 6.45) is 5.07. The highest BCUT2D eigenvalue weighted by Gasteiger charge is 2.33. The first kappa shape index (κ1) is 17.4. The molecule has 2 aliphatic rings. The maximum Gasteiger partial charge on any atom is 0.0388 e. The maximum absolute atomic E-state index is 3.65. The molecule has 1 aromatic carbocycles. The zero-order valence-electron chi connectivity index (χ0n) is 14.1. The van der Waals surface area contributed by atoms with E-state index in [1.54, 1.807) is 11.9 Å². The molecule has 2 atom stereocenters. The lowest BCUT2D eigenvalue weighted by Gasteiger charge is -2.38. The van der Waals surface area contributed by atoms with Crippen molar-refractivity contribution >= 4 is 34.5 Å². The molecule has 0 amide bonds. The molecule has 0 aromatic heterocycles. The molecule has 2 nitrogen and oxygen atoms in total. The Morgan fingerprint density at radius 3 is 2.43 bits per heavy atom. The maximum atomic E-state index is 3.65. The van der Waals surface area contributed by atoms with Crippen LogP contribution in [0.2, 0.25) is 0 Å². The summed E-state index contributed by atoms with van der Waals surface area (Å²) in [5.74, 6) is 0.523. The molecule has 1 N–H and O–H groups in total. The topological polar surface area (TPSA) is 15.3 Å². The van der Waals surface area contributed by atoms with Crippen molar-refractivity contribution in [1.82, 2.24) is 9.62 Å². The van der Waals surface area contributed by atoms with Crippen LogP contribution in [0.5, 0.6) is 0 Å². The zero-order valence-corrected chi connectivity index (χ0v) is 17.1. The molecule has 23 heavy (non-hydrogen) atoms. The van der Waals surface area contributed by atoms with Gasteiger partial charge in [0.25, 0.3) is 0 Å². The Labute approximate surface area is 158 Å². The van der Waals surface area contributed by atoms with E-state index in [2.05, 4.69) is 83.3 Å². The van der Waals surface area contributed by atoms with E-state index in [4.69, 9.17) is 0 Å². The van der Waals surface area contributed by atoms with Crippen molar-refractivity contribution in [3.05, 3.63) is 50.8 Å². The van der Waals surface area contributed by atoms with Crippen molar-refractivity contribution < 1.29 is 0 Å². The molecule has 0 radical (unpaired) electrons. The smallest absolute Gasteiger partial charge is 0.0388 e. The average molecular weight is 440 g/mol. The highest BCUT2D eigenvalue weighted by Crippen LogP contribution is 2.35. The first-order valence-electron chi connectivity index (χ1n) is 8.37. The third-order valence-corrected chi connectivity index (χ3v) is 6.44. The van der Waals surface area contributed by atoms with E-state index < -0.39 is 0 Å². The molecular weight excluding hydrogens is 415 g/mol. The van der Waals surface area contributed by atoms with Crippen molar-refractivity contribution in [2.24, 2.45) is 5.92 Å². The number of nitrogens with zero attached hydrogens (tertiary/aromatic N) is 1. The number of likely N-dealkylation sites (tertiary alicyclic amines) is 1. The van der Waals surface area contributed by atoms with Crippen molar-refractivity contribution in [1.29, 1.82) is 0 Å². The predicted octanol–water partition coefficient (Wildman–Crippen LogP) is 5.22. The minimum Gasteiger partial charge on any atom is -0.329 e. The molecule has 0 saturated carbocycles. The molecule has 4 heteroatoms. The van der Waals surface area contributed by atoms with E-state index in [1.807, 2.05) is 0 Å². The summed E-state index contributed by atoms with van der Waals surface area (Å²) in [5, 5.41) is 0. The minimum atomic E-state index is 0.523. The molecule has 1 heterocycles. The van der Waals surface area contributed by atoms with Crippen molar-refractivity contribution in [3.8, 4) is 0 Å². The Morgan fingerprint density at radius 1 is 1.13 bits per heavy atom. The Kier molecular flexibility index (Phi) is 5.75. The second kappa shape index (κ2) is 7.62. The van der Waals surface area contributed by atoms with Gasteiger partial charge in [0.1, 0.15) is 0 Å². The zero-order chi connectivity index (χ0) is 16.4. The molecule has 1 aliphatic carbocycles. The van der Waals surface area contributed by atoms with Gasteiger partial charge in [-0.2, -0.15) is 0 Å². The van der Waals surface area contributed by atoms with E-state index in [9.17, 15) is 0 Å². The first-order valence-corrected chi connectivity index (χ1v) is 10.3. The summed E-state index contributed by atoms with van der Waals surface area (Å²) >= 11 is 4.08. The van der Waals surface area contributed by atoms with Crippen molar-refractivity contribution in [3.63, 3.8) is 0 Å². The minimum absolute atomic E-state index is 0.523. The quantitative estimate of drug-likeness (QED) is 0.511. The van der Waals surface area contributed by atoms with Crippen LogP contribution in [0.1, 0.15) is 33.6 Å². The standard InChI is InChI=1S/C19H25IN2S/c1-13-12-14(2)19(22-10-4-5-11-22)15(3)18(13)21-23-17-8-6-16(20)7-9-17/h6-9,12,15,19,21H,4-5,10-11H2,1-3H3. The number of hydrogen-bond acceptors (Lipinski definition) is 3. The third-order valence-electron chi connectivity index (χ3n) is 4.89. The Bertz CT molecular complexity index is 615. The van der Waals surface area contributed by atoms with Crippen LogP contribution >= 0.6 is 34.5 Å². The Hall–Kier alpha value is -0.460. The van der Waals surface area contributed by atoms with Gasteiger partial charge < -0.3 is 4.72 Å². The van der Waals surface area contributed by atoms with Crippen LogP contribution < -0.4 is 4.72 Å². The summed E-state index contributed by atoms with van der Waals surface area (Å²) in [4.78, 5) is 3.93. The van der Waals surface area contributed by atoms with Gasteiger partial charge in [0, 0.05) is 26.1 Å². The number of nitrogens with one attached hydrogen (secondary N) is 1. The Morgan fingerprint density at radius 2 is 1.78 bits per heavy atom. The van der Waals surface area contributed by atoms with Gasteiger partial charge >= 0.3 is 0 Å². The van der Waals surface area contributed by atoms with Crippen LogP contribution in [0.15, 0.2) is 52.1 Å². The lowest BCUT2D eigenvalue weighted by Crippen LogP contribution is -2.42. The fourth-order valence-electron chi connectivity index (χ4n) is 3.83. The van der Waals surface area contributed by atoms with Crippen molar-refractivity contribution in [2.45, 2.75) is 44.6 Å². The molecule has 0 spiro atoms. The van der Waals surface area contributed by atoms with Gasteiger partial charge in [0.05, 0.1) is 0 Å². The fourth-order valence-corrected chi connectivity index (χ4v) is 5.04. The van der Waals surface area contributed by atoms with Gasteiger partial charge in [-0.3, -0.25) is 4.90 Å². The molecule has 2 unspecified atom stereocenters. The molecule has 124 valence electrons. The number of allylic oxidation sites excluding steroid dienone is 2. The average Bonchev–Trinajstić information content (AvgIpc) is 3.02. The van der Waals surface area contributed by atoms with E-state index >= 15 is 0 Å². The van der Waals surface area contributed by atoms with Gasteiger partial charge in [-0.25, -0.2) is 0 Å². The van der Waals surface area contributed by atoms with E-state index in [0.29, 0.717) is 12.0 Å². The molecule has 1 aliphatic heterocycles. The Balaban J connectivity index is 1.74. The summed E-state index contributed by atoms with van der Waals surface area (Å²) in [6.45, 7) is 9.40. The summed E-state index contributed by atoms with van der Waals surface area (Å²) in [7, 11) is 0. The van der Waals surface area contributed by atoms with Crippen LogP contribution in [-0.2, 0) is 0 Å². The lowest BCUT2D eigenvalue weighted by molar-refractivity contribution is 0.225. The number of hydrogen-bond donors (Lipinski definition) is 1. The molecular formula is C19H25IN2S. The van der Waals surface area contributed by atoms with Gasteiger partial charge in [0.2, 0.25) is 0 Å². The van der Waals surface area contributed by atoms with Crippen LogP contribution in [0.3, 0.4) is 0 Å². The van der Waals surface area contributed by atoms with E-state index in [1.165, 1.54) is 51.2 Å². The number of halogens is 1. The predicted molar refractivity (Wildman–Crippen MR) is 108 cm³/mol. The molecule has 1 saturated heterocycles. The van der Waals surface area contributed by atoms with Gasteiger partial charge in [0.15, 0.2) is 0 Å². The lowest BCUT2D eigenvalue weighted by atomic mass is 9.84. The summed E-state index contributed by atoms with van der Waals surface area (Å²) < 4.78 is 4.93. The second-order valence-corrected chi connectivity index (χ2v) is 8.74. The largest absolute Gasteiger partial charge is 0.329 e. The fraction of sp³-hybridized carbons (Fsp3) is 0.474. The molecule has 1 fully saturated rings. The second-order valence-electron chi connectivity index (χ2n) is 6.62. The molecule has 0 bridgehead atoms. The SMILES string of the molecule is CC1=CC(C)=C(NSc2ccc(I)cc2)C(C)C1N1CCCC1. The van der Waals surface area contributed by atoms with Crippen molar-refractivity contribution in [2.75, 3.05) is 13.1 Å². The van der Waals surface area contributed by atoms with E-state index in [0.717, 1.165) is 0 Å². The normalized spacial score (nSPS) is 25.7. The third kappa shape index (κ3) is 3.97. The first-order chi connectivity index (χ1) is 11.1. The van der Waals surface area contributed by atoms with Crippen LogP contribution in [-0.4, -0.2) is 24.0 Å². The highest BCUT2D eigenvalue weighted by molar-refractivity contribution is 14.1. The number of benzene rings is 1. The molecule has 1 aromatic rings. The number of rotatable bonds is 4. The van der Waals surface area contributed by atoms with Gasteiger partial charge in [-0.15, -0.1) is 0 Å². The van der Waals surface area contributed by atoms with E-state index in [-0.39, 0.29) is 0 Å².